The lowest BCUT2D eigenvalue weighted by molar-refractivity contribution is -0.115. The number of benzene rings is 2. The highest BCUT2D eigenvalue weighted by Gasteiger charge is 2.19. The number of aromatic amines is 1. The minimum absolute atomic E-state index is 0.140. The number of thioether (sulfide) groups is 1. The Morgan fingerprint density at radius 2 is 2.00 bits per heavy atom. The summed E-state index contributed by atoms with van der Waals surface area (Å²) in [6.07, 6.45) is 0. The van der Waals surface area contributed by atoms with Crippen molar-refractivity contribution < 1.29 is 9.18 Å². The van der Waals surface area contributed by atoms with Gasteiger partial charge in [-0.2, -0.15) is 0 Å². The number of carbonyl (C=O) groups excluding carboxylic acids is 1. The molecule has 0 bridgehead atoms. The SMILES string of the molecule is Cc1ccc(NC(=O)[C@H](C)Sc2n[nH]c(-c3ccccc3F)n2)c(C)c1. The molecular weight excluding hydrogens is 351 g/mol. The van der Waals surface area contributed by atoms with Crippen LogP contribution >= 0.6 is 11.8 Å². The summed E-state index contributed by atoms with van der Waals surface area (Å²) in [4.78, 5) is 16.7. The first-order valence-corrected chi connectivity index (χ1v) is 9.04. The summed E-state index contributed by atoms with van der Waals surface area (Å²) < 4.78 is 13.8. The van der Waals surface area contributed by atoms with Gasteiger partial charge in [-0.15, -0.1) is 5.10 Å². The Morgan fingerprint density at radius 1 is 1.23 bits per heavy atom. The fourth-order valence-electron chi connectivity index (χ4n) is 2.47. The molecule has 0 aliphatic rings. The van der Waals surface area contributed by atoms with E-state index in [0.29, 0.717) is 16.5 Å². The van der Waals surface area contributed by atoms with Crippen LogP contribution in [0.15, 0.2) is 47.6 Å². The molecule has 26 heavy (non-hydrogen) atoms. The average molecular weight is 370 g/mol. The van der Waals surface area contributed by atoms with E-state index in [-0.39, 0.29) is 11.7 Å². The van der Waals surface area contributed by atoms with Crippen LogP contribution in [0.3, 0.4) is 0 Å². The van der Waals surface area contributed by atoms with Crippen LogP contribution in [0, 0.1) is 19.7 Å². The van der Waals surface area contributed by atoms with Gasteiger partial charge in [0.05, 0.1) is 10.8 Å². The van der Waals surface area contributed by atoms with Crippen molar-refractivity contribution in [2.75, 3.05) is 5.32 Å². The third-order valence-corrected chi connectivity index (χ3v) is 4.85. The molecule has 2 aromatic carbocycles. The van der Waals surface area contributed by atoms with E-state index >= 15 is 0 Å². The number of amides is 1. The van der Waals surface area contributed by atoms with E-state index in [1.807, 2.05) is 32.0 Å². The van der Waals surface area contributed by atoms with Crippen LogP contribution in [0.1, 0.15) is 18.1 Å². The topological polar surface area (TPSA) is 70.7 Å². The van der Waals surface area contributed by atoms with Crippen molar-refractivity contribution in [3.8, 4) is 11.4 Å². The quantitative estimate of drug-likeness (QED) is 0.655. The molecule has 1 aromatic heterocycles. The predicted molar refractivity (Wildman–Crippen MR) is 102 cm³/mol. The number of nitrogens with one attached hydrogen (secondary N) is 2. The van der Waals surface area contributed by atoms with Crippen LogP contribution in [-0.2, 0) is 4.79 Å². The number of anilines is 1. The van der Waals surface area contributed by atoms with Crippen molar-refractivity contribution in [3.63, 3.8) is 0 Å². The van der Waals surface area contributed by atoms with Crippen LogP contribution in [0.25, 0.3) is 11.4 Å². The molecule has 0 radical (unpaired) electrons. The maximum atomic E-state index is 13.8. The second-order valence-corrected chi connectivity index (χ2v) is 7.32. The molecule has 3 rings (SSSR count). The number of nitrogens with zero attached hydrogens (tertiary/aromatic N) is 2. The van der Waals surface area contributed by atoms with Gasteiger partial charge in [-0.25, -0.2) is 9.37 Å². The lowest BCUT2D eigenvalue weighted by atomic mass is 10.1. The fourth-order valence-corrected chi connectivity index (χ4v) is 3.20. The number of halogens is 1. The van der Waals surface area contributed by atoms with Crippen molar-refractivity contribution in [1.29, 1.82) is 0 Å². The van der Waals surface area contributed by atoms with Gasteiger partial charge < -0.3 is 5.32 Å². The minimum atomic E-state index is -0.403. The van der Waals surface area contributed by atoms with Crippen LogP contribution in [0.2, 0.25) is 0 Å². The van der Waals surface area contributed by atoms with Gasteiger partial charge in [0, 0.05) is 5.69 Å². The van der Waals surface area contributed by atoms with E-state index < -0.39 is 5.25 Å². The summed E-state index contributed by atoms with van der Waals surface area (Å²) in [5.41, 5.74) is 3.29. The van der Waals surface area contributed by atoms with E-state index in [4.69, 9.17) is 0 Å². The summed E-state index contributed by atoms with van der Waals surface area (Å²) in [7, 11) is 0. The Kier molecular flexibility index (Phi) is 5.37. The molecule has 0 saturated heterocycles. The van der Waals surface area contributed by atoms with Crippen molar-refractivity contribution in [3.05, 3.63) is 59.4 Å². The second kappa shape index (κ2) is 7.70. The lowest BCUT2D eigenvalue weighted by Gasteiger charge is -2.12. The Bertz CT molecular complexity index is 941. The number of rotatable bonds is 5. The summed E-state index contributed by atoms with van der Waals surface area (Å²) >= 11 is 1.21. The summed E-state index contributed by atoms with van der Waals surface area (Å²) in [5.74, 6) is -0.174. The highest BCUT2D eigenvalue weighted by molar-refractivity contribution is 8.00. The maximum absolute atomic E-state index is 13.8. The van der Waals surface area contributed by atoms with Crippen LogP contribution in [0.5, 0.6) is 0 Å². The first kappa shape index (κ1) is 18.1. The van der Waals surface area contributed by atoms with Crippen LogP contribution < -0.4 is 5.32 Å². The molecule has 134 valence electrons. The van der Waals surface area contributed by atoms with Gasteiger partial charge in [-0.3, -0.25) is 9.89 Å². The Morgan fingerprint density at radius 3 is 2.73 bits per heavy atom. The Balaban J connectivity index is 1.67. The number of aromatic nitrogens is 3. The first-order valence-electron chi connectivity index (χ1n) is 8.16. The molecular formula is C19H19FN4OS. The molecule has 0 aliphatic carbocycles. The molecule has 1 heterocycles. The van der Waals surface area contributed by atoms with Crippen LogP contribution in [0.4, 0.5) is 10.1 Å². The van der Waals surface area contributed by atoms with Gasteiger partial charge in [-0.1, -0.05) is 41.6 Å². The molecule has 0 saturated carbocycles. The smallest absolute Gasteiger partial charge is 0.237 e. The number of H-pyrrole nitrogens is 1. The zero-order valence-corrected chi connectivity index (χ0v) is 15.5. The van der Waals surface area contributed by atoms with E-state index in [0.717, 1.165) is 16.8 Å². The highest BCUT2D eigenvalue weighted by Crippen LogP contribution is 2.25. The first-order chi connectivity index (χ1) is 12.4. The molecule has 1 amide bonds. The zero-order valence-electron chi connectivity index (χ0n) is 14.7. The monoisotopic (exact) mass is 370 g/mol. The van der Waals surface area contributed by atoms with E-state index in [1.165, 1.54) is 17.8 Å². The molecule has 3 aromatic rings. The van der Waals surface area contributed by atoms with E-state index in [2.05, 4.69) is 20.5 Å². The highest BCUT2D eigenvalue weighted by atomic mass is 32.2. The van der Waals surface area contributed by atoms with Gasteiger partial charge >= 0.3 is 0 Å². The molecule has 0 spiro atoms. The lowest BCUT2D eigenvalue weighted by Crippen LogP contribution is -2.23. The van der Waals surface area contributed by atoms with E-state index in [1.54, 1.807) is 25.1 Å². The Labute approximate surface area is 155 Å². The van der Waals surface area contributed by atoms with Gasteiger partial charge in [0.1, 0.15) is 5.82 Å². The van der Waals surface area contributed by atoms with Crippen molar-refractivity contribution >= 4 is 23.4 Å². The molecule has 0 aliphatic heterocycles. The largest absolute Gasteiger partial charge is 0.325 e. The van der Waals surface area contributed by atoms with E-state index in [9.17, 15) is 9.18 Å². The van der Waals surface area contributed by atoms with Gasteiger partial charge in [-0.05, 0) is 44.5 Å². The number of aryl methyl sites for hydroxylation is 2. The summed E-state index contributed by atoms with van der Waals surface area (Å²) in [6, 6.07) is 12.2. The van der Waals surface area contributed by atoms with Gasteiger partial charge in [0.15, 0.2) is 5.82 Å². The minimum Gasteiger partial charge on any atom is -0.325 e. The Hall–Kier alpha value is -2.67. The molecule has 2 N–H and O–H groups in total. The molecule has 0 unspecified atom stereocenters. The predicted octanol–water partition coefficient (Wildman–Crippen LogP) is 4.35. The van der Waals surface area contributed by atoms with Crippen LogP contribution in [-0.4, -0.2) is 26.3 Å². The second-order valence-electron chi connectivity index (χ2n) is 6.01. The maximum Gasteiger partial charge on any atom is 0.237 e. The molecule has 7 heteroatoms. The zero-order chi connectivity index (χ0) is 18.7. The average Bonchev–Trinajstić information content (AvgIpc) is 3.06. The fraction of sp³-hybridized carbons (Fsp3) is 0.211. The molecule has 1 atom stereocenters. The standard InChI is InChI=1S/C19H19FN4OS/c1-11-8-9-16(12(2)10-11)21-18(25)13(3)26-19-22-17(23-24-19)14-6-4-5-7-15(14)20/h4-10,13H,1-3H3,(H,21,25)(H,22,23,24)/t13-/m0/s1. The molecule has 0 fully saturated rings. The summed E-state index contributed by atoms with van der Waals surface area (Å²) in [5, 5.41) is 9.70. The molecule has 5 nitrogen and oxygen atoms in total. The van der Waals surface area contributed by atoms with Crippen molar-refractivity contribution in [1.82, 2.24) is 15.2 Å². The van der Waals surface area contributed by atoms with Crippen molar-refractivity contribution in [2.45, 2.75) is 31.2 Å². The van der Waals surface area contributed by atoms with Gasteiger partial charge in [0.25, 0.3) is 0 Å². The van der Waals surface area contributed by atoms with Crippen molar-refractivity contribution in [2.24, 2.45) is 0 Å². The number of hydrogen-bond donors (Lipinski definition) is 2. The third kappa shape index (κ3) is 4.11. The normalized spacial score (nSPS) is 12.0. The number of hydrogen-bond acceptors (Lipinski definition) is 4. The summed E-state index contributed by atoms with van der Waals surface area (Å²) in [6.45, 7) is 5.74. The number of carbonyl (C=O) groups is 1. The van der Waals surface area contributed by atoms with Gasteiger partial charge in [0.2, 0.25) is 11.1 Å². The third-order valence-electron chi connectivity index (χ3n) is 3.89.